The molecule has 4 aromatic rings. The molecule has 1 saturated carbocycles. The number of fused-ring (bicyclic) bond motifs is 1. The highest BCUT2D eigenvalue weighted by molar-refractivity contribution is 6.32. The molecule has 1 aromatic carbocycles. The normalized spacial score (nSPS) is 17.6. The second-order valence-electron chi connectivity index (χ2n) is 9.24. The maximum absolute atomic E-state index is 14.9. The van der Waals surface area contributed by atoms with Crippen LogP contribution in [0.25, 0.3) is 22.3 Å². The summed E-state index contributed by atoms with van der Waals surface area (Å²) < 4.78 is 56.6. The molecule has 10 nitrogen and oxygen atoms in total. The highest BCUT2D eigenvalue weighted by atomic mass is 35.5. The summed E-state index contributed by atoms with van der Waals surface area (Å²) in [7, 11) is 0. The van der Waals surface area contributed by atoms with Crippen LogP contribution in [-0.4, -0.2) is 35.8 Å². The number of nitrogens with one attached hydrogen (secondary N) is 2. The monoisotopic (exact) mass is 564 g/mol. The Bertz CT molecular complexity index is 1670. The quantitative estimate of drug-likeness (QED) is 0.298. The molecule has 0 saturated heterocycles. The number of aromatic amines is 1. The number of aryl methyl sites for hydroxylation is 1. The van der Waals surface area contributed by atoms with Gasteiger partial charge in [0.05, 0.1) is 40.9 Å². The van der Waals surface area contributed by atoms with Crippen molar-refractivity contribution in [3.8, 4) is 11.4 Å². The summed E-state index contributed by atoms with van der Waals surface area (Å²) in [5.74, 6) is -0.854. The lowest BCUT2D eigenvalue weighted by molar-refractivity contribution is -0.138. The molecule has 5 rings (SSSR count). The van der Waals surface area contributed by atoms with Crippen molar-refractivity contribution in [3.05, 3.63) is 68.0 Å². The van der Waals surface area contributed by atoms with Crippen molar-refractivity contribution in [3.63, 3.8) is 0 Å². The summed E-state index contributed by atoms with van der Waals surface area (Å²) in [6, 6.07) is 2.05. The van der Waals surface area contributed by atoms with E-state index in [9.17, 15) is 27.2 Å². The molecule has 0 unspecified atom stereocenters. The zero-order valence-electron chi connectivity index (χ0n) is 20.1. The Hall–Kier alpha value is -4.07. The summed E-state index contributed by atoms with van der Waals surface area (Å²) in [5, 5.41) is 8.32. The van der Waals surface area contributed by atoms with Crippen LogP contribution >= 0.6 is 11.6 Å². The minimum Gasteiger partial charge on any atom is -0.382 e. The molecule has 2 atom stereocenters. The molecule has 15 heteroatoms. The second-order valence-corrected chi connectivity index (χ2v) is 9.64. The first-order chi connectivity index (χ1) is 18.5. The summed E-state index contributed by atoms with van der Waals surface area (Å²) in [4.78, 5) is 37.1. The van der Waals surface area contributed by atoms with Crippen LogP contribution in [0.4, 0.5) is 29.1 Å². The molecular weight excluding hydrogens is 544 g/mol. The predicted molar refractivity (Wildman–Crippen MR) is 136 cm³/mol. The predicted octanol–water partition coefficient (Wildman–Crippen LogP) is 4.00. The maximum Gasteiger partial charge on any atom is 0.423 e. The lowest BCUT2D eigenvalue weighted by Gasteiger charge is -2.23. The van der Waals surface area contributed by atoms with E-state index in [0.717, 1.165) is 18.7 Å². The number of aromatic nitrogens is 6. The number of nitrogen functional groups attached to an aromatic ring is 1. The van der Waals surface area contributed by atoms with Gasteiger partial charge in [0.1, 0.15) is 22.2 Å². The molecule has 0 spiro atoms. The van der Waals surface area contributed by atoms with Gasteiger partial charge in [-0.05, 0) is 37.3 Å². The van der Waals surface area contributed by atoms with Crippen molar-refractivity contribution in [2.24, 2.45) is 5.92 Å². The first kappa shape index (κ1) is 26.5. The van der Waals surface area contributed by atoms with Gasteiger partial charge in [-0.25, -0.2) is 24.4 Å². The van der Waals surface area contributed by atoms with Crippen molar-refractivity contribution in [1.82, 2.24) is 29.7 Å². The minimum atomic E-state index is -4.85. The van der Waals surface area contributed by atoms with Gasteiger partial charge in [0.15, 0.2) is 5.82 Å². The lowest BCUT2D eigenvalue weighted by atomic mass is 9.99. The van der Waals surface area contributed by atoms with Gasteiger partial charge >= 0.3 is 6.18 Å². The van der Waals surface area contributed by atoms with E-state index >= 15 is 0 Å². The first-order valence-electron chi connectivity index (χ1n) is 11.9. The number of halogens is 5. The number of nitrogens with zero attached hydrogens (tertiary/aromatic N) is 5. The van der Waals surface area contributed by atoms with Crippen molar-refractivity contribution < 1.29 is 17.6 Å². The second kappa shape index (κ2) is 10.2. The van der Waals surface area contributed by atoms with Crippen LogP contribution in [0.3, 0.4) is 0 Å². The van der Waals surface area contributed by atoms with Crippen molar-refractivity contribution in [2.75, 3.05) is 11.1 Å². The van der Waals surface area contributed by atoms with E-state index in [4.69, 9.17) is 17.3 Å². The number of rotatable bonds is 6. The summed E-state index contributed by atoms with van der Waals surface area (Å²) >= 11 is 5.83. The van der Waals surface area contributed by atoms with E-state index in [2.05, 4.69) is 25.4 Å². The summed E-state index contributed by atoms with van der Waals surface area (Å²) in [6.45, 7) is 0.213. The van der Waals surface area contributed by atoms with Crippen molar-refractivity contribution in [1.29, 1.82) is 0 Å². The fourth-order valence-corrected chi connectivity index (χ4v) is 4.98. The van der Waals surface area contributed by atoms with Gasteiger partial charge in [0, 0.05) is 12.6 Å². The third-order valence-corrected chi connectivity index (χ3v) is 7.10. The van der Waals surface area contributed by atoms with Gasteiger partial charge in [-0.15, -0.1) is 0 Å². The maximum atomic E-state index is 14.9. The topological polar surface area (TPSA) is 144 Å². The fourth-order valence-electron chi connectivity index (χ4n) is 4.89. The average Bonchev–Trinajstić information content (AvgIpc) is 3.31. The number of hydrogen-bond acceptors (Lipinski definition) is 8. The van der Waals surface area contributed by atoms with Gasteiger partial charge in [0.25, 0.3) is 11.1 Å². The lowest BCUT2D eigenvalue weighted by Crippen LogP contribution is -2.31. The van der Waals surface area contributed by atoms with E-state index in [1.807, 2.05) is 5.10 Å². The number of anilines is 2. The van der Waals surface area contributed by atoms with Gasteiger partial charge in [-0.3, -0.25) is 14.2 Å². The SMILES string of the molecule is Nc1nc(-c2cc3ncn(CC[C@H]4CCC[C@@H]4Nc4cn[nH]c(=O)c4C(F)(F)F)c(=O)c3cc2F)ncc1Cl. The number of benzene rings is 1. The Labute approximate surface area is 222 Å². The molecule has 0 amide bonds. The molecule has 1 fully saturated rings. The van der Waals surface area contributed by atoms with Crippen LogP contribution in [0.1, 0.15) is 31.2 Å². The molecule has 204 valence electrons. The molecule has 0 bridgehead atoms. The molecule has 39 heavy (non-hydrogen) atoms. The molecule has 1 aliphatic rings. The minimum absolute atomic E-state index is 0.00264. The van der Waals surface area contributed by atoms with E-state index < -0.39 is 28.7 Å². The third-order valence-electron chi connectivity index (χ3n) is 6.81. The van der Waals surface area contributed by atoms with Gasteiger partial charge < -0.3 is 11.1 Å². The highest BCUT2D eigenvalue weighted by Gasteiger charge is 2.38. The Morgan fingerprint density at radius 3 is 2.72 bits per heavy atom. The standard InChI is InChI=1S/C24H21ClF4N8O2/c25-14-8-31-21(35-20(14)30)12-7-17-13(6-15(12)26)23(39)37(10-32-17)5-4-11-2-1-3-16(11)34-18-9-33-36-22(38)19(18)24(27,28)29/h6-11,16H,1-5H2,(H2,30,31,35)(H2,34,36,38)/t11-,16+/m1/s1. The summed E-state index contributed by atoms with van der Waals surface area (Å²) in [5.41, 5.74) is 2.42. The number of hydrogen-bond donors (Lipinski definition) is 3. The molecule has 1 aliphatic carbocycles. The first-order valence-corrected chi connectivity index (χ1v) is 12.3. The van der Waals surface area contributed by atoms with Crippen LogP contribution in [0, 0.1) is 11.7 Å². The largest absolute Gasteiger partial charge is 0.423 e. The Kier molecular flexibility index (Phi) is 6.97. The Morgan fingerprint density at radius 1 is 1.18 bits per heavy atom. The molecular formula is C24H21ClF4N8O2. The van der Waals surface area contributed by atoms with Gasteiger partial charge in [0.2, 0.25) is 0 Å². The zero-order chi connectivity index (χ0) is 27.9. The van der Waals surface area contributed by atoms with Crippen molar-refractivity contribution in [2.45, 2.75) is 44.4 Å². The van der Waals surface area contributed by atoms with Gasteiger partial charge in [-0.1, -0.05) is 18.0 Å². The van der Waals surface area contributed by atoms with Crippen LogP contribution in [0.2, 0.25) is 5.02 Å². The fraction of sp³-hybridized carbons (Fsp3) is 0.333. The molecule has 3 aromatic heterocycles. The Balaban J connectivity index is 1.35. The van der Waals surface area contributed by atoms with Crippen LogP contribution in [-0.2, 0) is 12.7 Å². The highest BCUT2D eigenvalue weighted by Crippen LogP contribution is 2.36. The van der Waals surface area contributed by atoms with E-state index in [1.165, 1.54) is 23.2 Å². The summed E-state index contributed by atoms with van der Waals surface area (Å²) in [6.07, 6.45) is 1.19. The number of alkyl halides is 3. The van der Waals surface area contributed by atoms with Crippen LogP contribution < -0.4 is 22.2 Å². The number of nitrogens with two attached hydrogens (primary N) is 1. The zero-order valence-corrected chi connectivity index (χ0v) is 20.9. The van der Waals surface area contributed by atoms with Gasteiger partial charge in [-0.2, -0.15) is 18.3 Å². The van der Waals surface area contributed by atoms with Crippen LogP contribution in [0.5, 0.6) is 0 Å². The molecule has 0 aliphatic heterocycles. The molecule has 0 radical (unpaired) electrons. The van der Waals surface area contributed by atoms with E-state index in [-0.39, 0.29) is 57.3 Å². The molecule has 4 N–H and O–H groups in total. The average molecular weight is 565 g/mol. The smallest absolute Gasteiger partial charge is 0.382 e. The third kappa shape index (κ3) is 5.28. The van der Waals surface area contributed by atoms with E-state index in [1.54, 1.807) is 0 Å². The number of H-pyrrole nitrogens is 1. The Morgan fingerprint density at radius 2 is 1.97 bits per heavy atom. The van der Waals surface area contributed by atoms with Crippen LogP contribution in [0.15, 0.2) is 40.4 Å². The van der Waals surface area contributed by atoms with E-state index in [0.29, 0.717) is 19.3 Å². The molecule has 3 heterocycles. The van der Waals surface area contributed by atoms with Crippen molar-refractivity contribution >= 4 is 34.0 Å².